The number of ether oxygens (including phenoxy) is 1. The molecule has 12 nitrogen and oxygen atoms in total. The lowest BCUT2D eigenvalue weighted by Gasteiger charge is -2.26. The first-order chi connectivity index (χ1) is 21.0. The highest BCUT2D eigenvalue weighted by molar-refractivity contribution is 7.84. The molecule has 2 aliphatic rings. The molecule has 228 valence electrons. The van der Waals surface area contributed by atoms with Crippen molar-refractivity contribution in [1.29, 1.82) is 0 Å². The van der Waals surface area contributed by atoms with E-state index in [1.165, 1.54) is 24.6 Å². The average molecular weight is 617 g/mol. The van der Waals surface area contributed by atoms with Crippen molar-refractivity contribution in [1.82, 2.24) is 20.2 Å². The smallest absolute Gasteiger partial charge is 0.410 e. The minimum atomic E-state index is -1.37. The van der Waals surface area contributed by atoms with E-state index in [1.54, 1.807) is 36.4 Å². The van der Waals surface area contributed by atoms with Crippen LogP contribution < -0.4 is 21.5 Å². The first-order valence-corrected chi connectivity index (χ1v) is 15.3. The fourth-order valence-corrected chi connectivity index (χ4v) is 6.07. The first kappa shape index (κ1) is 30.4. The standard InChI is InChI=1S/C31H32N6O6S/c1-17-9-19-10-18(2)24(17)14-37(31(41)43-3)15-27(38)35-21-6-8-26(44(4)42)20(11-21)13-32-30(40)28(19)36-22-5-7-25-23(12-22)29(39)34-16-33-25/h5-12,16,28,36H,13-15H2,1-4H3,(H,32,40)(H,35,38)(H,33,34,39). The van der Waals surface area contributed by atoms with Gasteiger partial charge < -0.3 is 25.7 Å². The van der Waals surface area contributed by atoms with Crippen LogP contribution in [0.1, 0.15) is 33.9 Å². The van der Waals surface area contributed by atoms with E-state index >= 15 is 0 Å². The summed E-state index contributed by atoms with van der Waals surface area (Å²) in [5, 5.41) is 9.38. The summed E-state index contributed by atoms with van der Waals surface area (Å²) in [4.78, 5) is 60.6. The second kappa shape index (κ2) is 12.7. The Morgan fingerprint density at radius 1 is 1.05 bits per heavy atom. The van der Waals surface area contributed by atoms with Gasteiger partial charge in [0.1, 0.15) is 12.6 Å². The molecule has 2 unspecified atom stereocenters. The summed E-state index contributed by atoms with van der Waals surface area (Å²) in [6.07, 6.45) is 2.20. The van der Waals surface area contributed by atoms with Crippen LogP contribution in [0.25, 0.3) is 10.9 Å². The van der Waals surface area contributed by atoms with Crippen molar-refractivity contribution in [2.75, 3.05) is 30.5 Å². The molecule has 13 heteroatoms. The summed E-state index contributed by atoms with van der Waals surface area (Å²) in [5.74, 6) is -0.814. The van der Waals surface area contributed by atoms with E-state index in [0.717, 1.165) is 16.7 Å². The number of amides is 3. The van der Waals surface area contributed by atoms with E-state index in [1.807, 2.05) is 26.0 Å². The Bertz CT molecular complexity index is 1850. The highest BCUT2D eigenvalue weighted by Gasteiger charge is 2.26. The number of nitrogens with one attached hydrogen (secondary N) is 4. The molecule has 0 aliphatic carbocycles. The van der Waals surface area contributed by atoms with Crippen molar-refractivity contribution in [2.24, 2.45) is 0 Å². The maximum Gasteiger partial charge on any atom is 0.410 e. The Morgan fingerprint density at radius 3 is 2.50 bits per heavy atom. The highest BCUT2D eigenvalue weighted by Crippen LogP contribution is 2.28. The molecule has 0 saturated heterocycles. The molecule has 2 aliphatic heterocycles. The molecule has 0 spiro atoms. The number of fused-ring (bicyclic) bond motifs is 10. The Kier molecular flexibility index (Phi) is 8.76. The van der Waals surface area contributed by atoms with E-state index in [2.05, 4.69) is 25.9 Å². The summed E-state index contributed by atoms with van der Waals surface area (Å²) in [6.45, 7) is 3.60. The third kappa shape index (κ3) is 6.47. The van der Waals surface area contributed by atoms with Gasteiger partial charge in [-0.1, -0.05) is 12.1 Å². The predicted molar refractivity (Wildman–Crippen MR) is 167 cm³/mol. The molecule has 0 radical (unpaired) electrons. The molecule has 44 heavy (non-hydrogen) atoms. The van der Waals surface area contributed by atoms with Crippen LogP contribution in [-0.4, -0.2) is 56.9 Å². The number of aromatic nitrogens is 2. The van der Waals surface area contributed by atoms with Crippen LogP contribution in [0.2, 0.25) is 0 Å². The molecule has 3 heterocycles. The van der Waals surface area contributed by atoms with Gasteiger partial charge in [0, 0.05) is 29.1 Å². The van der Waals surface area contributed by atoms with Gasteiger partial charge in [-0.25, -0.2) is 9.78 Å². The number of aryl methyl sites for hydroxylation is 2. The maximum atomic E-state index is 13.9. The normalized spacial score (nSPS) is 16.3. The number of H-pyrrole nitrogens is 1. The van der Waals surface area contributed by atoms with E-state index in [0.29, 0.717) is 38.3 Å². The van der Waals surface area contributed by atoms with Gasteiger partial charge in [-0.05, 0) is 78.1 Å². The number of benzene rings is 3. The number of carbonyl (C=O) groups excluding carboxylic acids is 3. The number of hydrogen-bond donors (Lipinski definition) is 4. The van der Waals surface area contributed by atoms with Crippen molar-refractivity contribution in [3.8, 4) is 0 Å². The topological polar surface area (TPSA) is 163 Å². The van der Waals surface area contributed by atoms with Crippen LogP contribution in [-0.2, 0) is 38.2 Å². The zero-order valence-electron chi connectivity index (χ0n) is 24.6. The van der Waals surface area contributed by atoms with Crippen molar-refractivity contribution < 1.29 is 23.3 Å². The third-order valence-electron chi connectivity index (χ3n) is 7.49. The second-order valence-electron chi connectivity index (χ2n) is 10.5. The van der Waals surface area contributed by atoms with Crippen LogP contribution in [0, 0.1) is 13.8 Å². The number of anilines is 2. The molecular weight excluding hydrogens is 584 g/mol. The summed E-state index contributed by atoms with van der Waals surface area (Å²) >= 11 is 0. The largest absolute Gasteiger partial charge is 0.453 e. The summed E-state index contributed by atoms with van der Waals surface area (Å²) in [7, 11) is -0.119. The van der Waals surface area contributed by atoms with Gasteiger partial charge in [0.05, 0.1) is 41.7 Å². The fraction of sp³-hybridized carbons (Fsp3) is 0.258. The van der Waals surface area contributed by atoms with Gasteiger partial charge in [-0.15, -0.1) is 0 Å². The molecule has 3 aromatic carbocycles. The molecule has 0 saturated carbocycles. The first-order valence-electron chi connectivity index (χ1n) is 13.7. The van der Waals surface area contributed by atoms with Crippen LogP contribution in [0.5, 0.6) is 0 Å². The third-order valence-corrected chi connectivity index (χ3v) is 8.51. The van der Waals surface area contributed by atoms with Crippen molar-refractivity contribution >= 4 is 51.0 Å². The van der Waals surface area contributed by atoms with E-state index < -0.39 is 28.8 Å². The van der Waals surface area contributed by atoms with Gasteiger partial charge in [-0.2, -0.15) is 0 Å². The van der Waals surface area contributed by atoms with Gasteiger partial charge in [0.2, 0.25) is 11.8 Å². The van der Waals surface area contributed by atoms with Crippen LogP contribution in [0.15, 0.2) is 64.5 Å². The Morgan fingerprint density at radius 2 is 1.80 bits per heavy atom. The molecule has 4 aromatic rings. The SMILES string of the molecule is COC(=O)N1CC(=O)Nc2ccc(S(C)=O)c(c2)CNC(=O)C(Nc2ccc3nc[nH]c(=O)c3c2)c2cc(C)c(c(C)c2)C1. The summed E-state index contributed by atoms with van der Waals surface area (Å²) in [5.41, 5.74) is 4.76. The zero-order valence-corrected chi connectivity index (χ0v) is 25.5. The minimum absolute atomic E-state index is 0.0290. The van der Waals surface area contributed by atoms with Crippen molar-refractivity contribution in [3.05, 3.63) is 93.0 Å². The molecule has 1 aromatic heterocycles. The maximum absolute atomic E-state index is 13.9. The van der Waals surface area contributed by atoms with Crippen molar-refractivity contribution in [2.45, 2.75) is 37.9 Å². The van der Waals surface area contributed by atoms with E-state index in [-0.39, 0.29) is 31.1 Å². The molecule has 2 atom stereocenters. The Labute approximate surface area is 255 Å². The van der Waals surface area contributed by atoms with Gasteiger partial charge >= 0.3 is 6.09 Å². The average Bonchev–Trinajstić information content (AvgIpc) is 2.99. The van der Waals surface area contributed by atoms with Gasteiger partial charge in [-0.3, -0.25) is 23.5 Å². The summed E-state index contributed by atoms with van der Waals surface area (Å²) in [6, 6.07) is 12.8. The van der Waals surface area contributed by atoms with Gasteiger partial charge in [0.15, 0.2) is 0 Å². The highest BCUT2D eigenvalue weighted by atomic mass is 32.2. The molecule has 3 amide bonds. The molecule has 4 bridgehead atoms. The quantitative estimate of drug-likeness (QED) is 0.273. The Balaban J connectivity index is 1.61. The lowest BCUT2D eigenvalue weighted by atomic mass is 9.94. The van der Waals surface area contributed by atoms with Crippen LogP contribution in [0.4, 0.5) is 16.2 Å². The van der Waals surface area contributed by atoms with Crippen molar-refractivity contribution in [3.63, 3.8) is 0 Å². The number of hydrogen-bond acceptors (Lipinski definition) is 8. The van der Waals surface area contributed by atoms with Crippen LogP contribution in [0.3, 0.4) is 0 Å². The van der Waals surface area contributed by atoms with E-state index in [9.17, 15) is 23.4 Å². The second-order valence-corrected chi connectivity index (χ2v) is 11.9. The number of aromatic amines is 1. The Hall–Kier alpha value is -5.04. The number of nitrogens with zero attached hydrogens (tertiary/aromatic N) is 2. The monoisotopic (exact) mass is 616 g/mol. The number of rotatable bonds is 3. The lowest BCUT2D eigenvalue weighted by molar-refractivity contribution is -0.122. The van der Waals surface area contributed by atoms with Crippen LogP contribution >= 0.6 is 0 Å². The molecule has 0 fully saturated rings. The lowest BCUT2D eigenvalue weighted by Crippen LogP contribution is -2.38. The summed E-state index contributed by atoms with van der Waals surface area (Å²) < 4.78 is 17.5. The molecule has 6 rings (SSSR count). The van der Waals surface area contributed by atoms with Gasteiger partial charge in [0.25, 0.3) is 5.56 Å². The predicted octanol–water partition coefficient (Wildman–Crippen LogP) is 3.27. The zero-order chi connectivity index (χ0) is 31.5. The molecular formula is C31H32N6O6S. The molecule has 4 N–H and O–H groups in total. The number of methoxy groups -OCH3 is 1. The fourth-order valence-electron chi connectivity index (χ4n) is 5.31. The number of carbonyl (C=O) groups is 3. The minimum Gasteiger partial charge on any atom is -0.453 e. The van der Waals surface area contributed by atoms with E-state index in [4.69, 9.17) is 4.74 Å².